The van der Waals surface area contributed by atoms with Crippen LogP contribution in [0.15, 0.2) is 71.1 Å². The molecule has 23 heavy (non-hydrogen) atoms. The second-order valence-electron chi connectivity index (χ2n) is 5.23. The molecule has 0 spiro atoms. The van der Waals surface area contributed by atoms with Crippen LogP contribution in [0.3, 0.4) is 0 Å². The summed E-state index contributed by atoms with van der Waals surface area (Å²) < 4.78 is 1.02. The second-order valence-corrected chi connectivity index (χ2v) is 6.09. The number of nitrogens with zero attached hydrogens (tertiary/aromatic N) is 2. The van der Waals surface area contributed by atoms with Crippen molar-refractivity contribution in [2.45, 2.75) is 0 Å². The lowest BCUT2D eigenvalue weighted by molar-refractivity contribution is 0.916. The van der Waals surface area contributed by atoms with Crippen molar-refractivity contribution in [3.63, 3.8) is 0 Å². The molecule has 2 heterocycles. The first-order valence-corrected chi connectivity index (χ1v) is 8.02. The average molecular weight is 319 g/mol. The molecule has 2 aromatic carbocycles. The molecule has 0 aliphatic heterocycles. The van der Waals surface area contributed by atoms with Crippen LogP contribution in [-0.2, 0) is 0 Å². The first-order valence-electron chi connectivity index (χ1n) is 7.14. The van der Waals surface area contributed by atoms with Crippen LogP contribution in [0, 0.1) is 0 Å². The molecule has 2 aromatic heterocycles. The summed E-state index contributed by atoms with van der Waals surface area (Å²) in [5.41, 5.74) is 3.95. The average Bonchev–Trinajstić information content (AvgIpc) is 3.04. The Hall–Kier alpha value is -2.92. The predicted octanol–water partition coefficient (Wildman–Crippen LogP) is 3.51. The largest absolute Gasteiger partial charge is 0.335 e. The van der Waals surface area contributed by atoms with Crippen molar-refractivity contribution >= 4 is 21.6 Å². The molecule has 0 radical (unpaired) electrons. The Morgan fingerprint density at radius 2 is 1.57 bits per heavy atom. The second kappa shape index (κ2) is 5.37. The van der Waals surface area contributed by atoms with E-state index in [1.54, 1.807) is 0 Å². The molecule has 112 valence electrons. The van der Waals surface area contributed by atoms with Gasteiger partial charge in [-0.3, -0.25) is 4.79 Å². The SMILES string of the molecule is Nn1cnc2scc(-c3ccc(-c4ccccc4)cc3)c2c1=O. The van der Waals surface area contributed by atoms with Crippen molar-refractivity contribution < 1.29 is 0 Å². The highest BCUT2D eigenvalue weighted by atomic mass is 32.1. The molecule has 0 atom stereocenters. The van der Waals surface area contributed by atoms with Crippen LogP contribution < -0.4 is 11.4 Å². The van der Waals surface area contributed by atoms with Crippen LogP contribution in [0.2, 0.25) is 0 Å². The van der Waals surface area contributed by atoms with Crippen molar-refractivity contribution in [1.82, 2.24) is 9.66 Å². The summed E-state index contributed by atoms with van der Waals surface area (Å²) >= 11 is 1.45. The van der Waals surface area contributed by atoms with Crippen molar-refractivity contribution in [1.29, 1.82) is 0 Å². The third-order valence-electron chi connectivity index (χ3n) is 3.82. The Morgan fingerprint density at radius 1 is 0.913 bits per heavy atom. The van der Waals surface area contributed by atoms with Gasteiger partial charge < -0.3 is 5.84 Å². The number of thiophene rings is 1. The summed E-state index contributed by atoms with van der Waals surface area (Å²) in [4.78, 5) is 17.2. The van der Waals surface area contributed by atoms with E-state index >= 15 is 0 Å². The molecule has 5 heteroatoms. The van der Waals surface area contributed by atoms with Crippen molar-refractivity contribution in [3.8, 4) is 22.3 Å². The van der Waals surface area contributed by atoms with E-state index in [9.17, 15) is 4.79 Å². The van der Waals surface area contributed by atoms with Crippen LogP contribution >= 0.6 is 11.3 Å². The van der Waals surface area contributed by atoms with Gasteiger partial charge in [0.05, 0.1) is 5.39 Å². The molecular weight excluding hydrogens is 306 g/mol. The minimum Gasteiger partial charge on any atom is -0.335 e. The Kier molecular flexibility index (Phi) is 3.20. The Bertz CT molecular complexity index is 1030. The minimum absolute atomic E-state index is 0.224. The van der Waals surface area contributed by atoms with E-state index in [0.717, 1.165) is 21.4 Å². The maximum Gasteiger partial charge on any atom is 0.281 e. The van der Waals surface area contributed by atoms with Gasteiger partial charge in [-0.25, -0.2) is 9.66 Å². The Labute approximate surface area is 136 Å². The fourth-order valence-corrected chi connectivity index (χ4v) is 3.54. The molecule has 0 saturated heterocycles. The fraction of sp³-hybridized carbons (Fsp3) is 0. The smallest absolute Gasteiger partial charge is 0.281 e. The lowest BCUT2D eigenvalue weighted by Crippen LogP contribution is -2.26. The monoisotopic (exact) mass is 319 g/mol. The molecular formula is C18H13N3OS. The van der Waals surface area contributed by atoms with E-state index in [1.807, 2.05) is 35.7 Å². The number of benzene rings is 2. The highest BCUT2D eigenvalue weighted by Gasteiger charge is 2.12. The first-order chi connectivity index (χ1) is 11.2. The topological polar surface area (TPSA) is 60.9 Å². The first kappa shape index (κ1) is 13.7. The van der Waals surface area contributed by atoms with E-state index in [1.165, 1.54) is 23.2 Å². The van der Waals surface area contributed by atoms with Crippen molar-refractivity contribution in [3.05, 3.63) is 76.7 Å². The zero-order chi connectivity index (χ0) is 15.8. The third kappa shape index (κ3) is 2.31. The number of fused-ring (bicyclic) bond motifs is 1. The van der Waals surface area contributed by atoms with E-state index in [-0.39, 0.29) is 5.56 Å². The van der Waals surface area contributed by atoms with Crippen molar-refractivity contribution in [2.24, 2.45) is 0 Å². The van der Waals surface area contributed by atoms with E-state index in [2.05, 4.69) is 29.2 Å². The zero-order valence-electron chi connectivity index (χ0n) is 12.1. The third-order valence-corrected chi connectivity index (χ3v) is 4.71. The standard InChI is InChI=1S/C18H13N3OS/c19-21-11-20-17-16(18(21)22)15(10-23-17)14-8-6-13(7-9-14)12-4-2-1-3-5-12/h1-11H,19H2. The van der Waals surface area contributed by atoms with Gasteiger partial charge in [0, 0.05) is 10.9 Å². The number of hydrogen-bond acceptors (Lipinski definition) is 4. The molecule has 2 N–H and O–H groups in total. The summed E-state index contributed by atoms with van der Waals surface area (Å²) in [6.45, 7) is 0. The molecule has 0 bridgehead atoms. The van der Waals surface area contributed by atoms with Gasteiger partial charge in [0.25, 0.3) is 5.56 Å². The Morgan fingerprint density at radius 3 is 2.30 bits per heavy atom. The molecule has 0 aliphatic rings. The molecule has 0 saturated carbocycles. The van der Waals surface area contributed by atoms with Gasteiger partial charge in [-0.15, -0.1) is 11.3 Å². The molecule has 0 aliphatic carbocycles. The molecule has 4 rings (SSSR count). The lowest BCUT2D eigenvalue weighted by atomic mass is 10.0. The van der Waals surface area contributed by atoms with Gasteiger partial charge in [0.1, 0.15) is 11.2 Å². The molecule has 4 nitrogen and oxygen atoms in total. The van der Waals surface area contributed by atoms with Gasteiger partial charge in [-0.2, -0.15) is 0 Å². The van der Waals surface area contributed by atoms with E-state index in [4.69, 9.17) is 5.84 Å². The molecule has 4 aromatic rings. The van der Waals surface area contributed by atoms with Crippen LogP contribution in [0.5, 0.6) is 0 Å². The summed E-state index contributed by atoms with van der Waals surface area (Å²) in [7, 11) is 0. The van der Waals surface area contributed by atoms with Gasteiger partial charge in [-0.1, -0.05) is 54.6 Å². The lowest BCUT2D eigenvalue weighted by Gasteiger charge is -2.04. The van der Waals surface area contributed by atoms with Gasteiger partial charge >= 0.3 is 0 Å². The molecule has 0 amide bonds. The van der Waals surface area contributed by atoms with E-state index in [0.29, 0.717) is 10.2 Å². The maximum atomic E-state index is 12.3. The summed E-state index contributed by atoms with van der Waals surface area (Å²) in [5, 5.41) is 2.53. The Balaban J connectivity index is 1.83. The zero-order valence-corrected chi connectivity index (χ0v) is 13.0. The highest BCUT2D eigenvalue weighted by Crippen LogP contribution is 2.31. The van der Waals surface area contributed by atoms with Gasteiger partial charge in [0.2, 0.25) is 0 Å². The predicted molar refractivity (Wildman–Crippen MR) is 94.9 cm³/mol. The summed E-state index contributed by atoms with van der Waals surface area (Å²) in [5.74, 6) is 5.64. The molecule has 0 unspecified atom stereocenters. The fourth-order valence-electron chi connectivity index (χ4n) is 2.63. The number of rotatable bonds is 2. The van der Waals surface area contributed by atoms with Crippen LogP contribution in [0.1, 0.15) is 0 Å². The number of hydrogen-bond donors (Lipinski definition) is 1. The minimum atomic E-state index is -0.224. The molecule has 0 fully saturated rings. The van der Waals surface area contributed by atoms with Crippen molar-refractivity contribution in [2.75, 3.05) is 5.84 Å². The maximum absolute atomic E-state index is 12.3. The van der Waals surface area contributed by atoms with E-state index < -0.39 is 0 Å². The van der Waals surface area contributed by atoms with Gasteiger partial charge in [-0.05, 0) is 16.7 Å². The summed E-state index contributed by atoms with van der Waals surface area (Å²) in [6, 6.07) is 18.4. The number of nitrogens with two attached hydrogens (primary N) is 1. The summed E-state index contributed by atoms with van der Waals surface area (Å²) in [6.07, 6.45) is 1.35. The quantitative estimate of drug-likeness (QED) is 0.575. The normalized spacial score (nSPS) is 11.0. The van der Waals surface area contributed by atoms with Crippen LogP contribution in [0.4, 0.5) is 0 Å². The number of aromatic nitrogens is 2. The highest BCUT2D eigenvalue weighted by molar-refractivity contribution is 7.17. The van der Waals surface area contributed by atoms with Gasteiger partial charge in [0.15, 0.2) is 0 Å². The van der Waals surface area contributed by atoms with Crippen LogP contribution in [-0.4, -0.2) is 9.66 Å². The van der Waals surface area contributed by atoms with Crippen LogP contribution in [0.25, 0.3) is 32.5 Å². The number of nitrogen functional groups attached to an aromatic ring is 1.